The molecule has 0 aliphatic carbocycles. The Morgan fingerprint density at radius 1 is 0.577 bits per heavy atom. The molecule has 5 rings (SSSR count). The molecule has 0 atom stereocenters. The van der Waals surface area contributed by atoms with Gasteiger partial charge in [-0.15, -0.1) is 0 Å². The highest BCUT2D eigenvalue weighted by atomic mass is 15.0. The van der Waals surface area contributed by atoms with E-state index in [9.17, 15) is 0 Å². The van der Waals surface area contributed by atoms with E-state index < -0.39 is 0 Å². The van der Waals surface area contributed by atoms with Gasteiger partial charge in [0.05, 0.1) is 11.0 Å². The van der Waals surface area contributed by atoms with Crippen molar-refractivity contribution in [3.05, 3.63) is 97.1 Å². The first-order valence-electron chi connectivity index (χ1n) is 8.97. The minimum Gasteiger partial charge on any atom is -0.309 e. The van der Waals surface area contributed by atoms with Crippen molar-refractivity contribution in [2.45, 2.75) is 0 Å². The van der Waals surface area contributed by atoms with Crippen LogP contribution in [0.2, 0.25) is 0 Å². The zero-order valence-corrected chi connectivity index (χ0v) is 14.7. The van der Waals surface area contributed by atoms with Crippen LogP contribution in [0.4, 0.5) is 0 Å². The van der Waals surface area contributed by atoms with Crippen LogP contribution >= 0.6 is 0 Å². The van der Waals surface area contributed by atoms with Crippen molar-refractivity contribution in [1.82, 2.24) is 4.57 Å². The Bertz CT molecular complexity index is 1240. The monoisotopic (exact) mass is 331 g/mol. The smallest absolute Gasteiger partial charge is 0.140 e. The Balaban J connectivity index is 1.86. The Kier molecular flexibility index (Phi) is 3.43. The lowest BCUT2D eigenvalue weighted by Crippen LogP contribution is -2.05. The Labute approximate surface area is 153 Å². The fourth-order valence-corrected chi connectivity index (χ4v) is 3.89. The van der Waals surface area contributed by atoms with Crippen LogP contribution < -0.4 is 5.46 Å². The SMILES string of the molecule is Bc1ccccc1-c1ccc2c(c1)c1ccccc1n2-c1ccccc1. The normalized spacial score (nSPS) is 11.2. The minimum absolute atomic E-state index is 1.20. The summed E-state index contributed by atoms with van der Waals surface area (Å²) < 4.78 is 2.35. The summed E-state index contributed by atoms with van der Waals surface area (Å²) in [6.45, 7) is 0. The second kappa shape index (κ2) is 5.92. The number of hydrogen-bond acceptors (Lipinski definition) is 0. The maximum atomic E-state index is 2.35. The van der Waals surface area contributed by atoms with Crippen molar-refractivity contribution in [3.63, 3.8) is 0 Å². The first kappa shape index (κ1) is 15.0. The molecule has 0 radical (unpaired) electrons. The zero-order valence-electron chi connectivity index (χ0n) is 14.7. The number of para-hydroxylation sites is 2. The number of hydrogen-bond donors (Lipinski definition) is 0. The molecule has 2 heteroatoms. The molecule has 0 saturated carbocycles. The molecule has 1 heterocycles. The van der Waals surface area contributed by atoms with Gasteiger partial charge in [-0.1, -0.05) is 72.2 Å². The van der Waals surface area contributed by atoms with E-state index in [2.05, 4.69) is 109 Å². The Morgan fingerprint density at radius 3 is 2.12 bits per heavy atom. The van der Waals surface area contributed by atoms with Crippen molar-refractivity contribution in [1.29, 1.82) is 0 Å². The lowest BCUT2D eigenvalue weighted by atomic mass is 9.87. The average molecular weight is 331 g/mol. The molecule has 0 aliphatic rings. The molecule has 0 N–H and O–H groups in total. The quantitative estimate of drug-likeness (QED) is 0.413. The molecule has 0 amide bonds. The van der Waals surface area contributed by atoms with Crippen LogP contribution in [0.5, 0.6) is 0 Å². The van der Waals surface area contributed by atoms with Crippen molar-refractivity contribution in [2.75, 3.05) is 0 Å². The number of nitrogens with zero attached hydrogens (tertiary/aromatic N) is 1. The molecule has 122 valence electrons. The van der Waals surface area contributed by atoms with E-state index >= 15 is 0 Å². The molecule has 0 bridgehead atoms. The van der Waals surface area contributed by atoms with Crippen LogP contribution in [-0.2, 0) is 0 Å². The molecule has 1 nitrogen and oxygen atoms in total. The fourth-order valence-electron chi connectivity index (χ4n) is 3.89. The molecule has 0 fully saturated rings. The van der Waals surface area contributed by atoms with Gasteiger partial charge >= 0.3 is 0 Å². The number of benzene rings is 4. The van der Waals surface area contributed by atoms with Crippen LogP contribution in [0.15, 0.2) is 97.1 Å². The maximum Gasteiger partial charge on any atom is 0.140 e. The van der Waals surface area contributed by atoms with Crippen molar-refractivity contribution in [3.8, 4) is 16.8 Å². The van der Waals surface area contributed by atoms with Crippen molar-refractivity contribution < 1.29 is 0 Å². The average Bonchev–Trinajstić information content (AvgIpc) is 3.03. The van der Waals surface area contributed by atoms with Gasteiger partial charge in [-0.2, -0.15) is 0 Å². The van der Waals surface area contributed by atoms with Gasteiger partial charge in [-0.3, -0.25) is 0 Å². The van der Waals surface area contributed by atoms with Crippen molar-refractivity contribution >= 4 is 35.1 Å². The number of rotatable bonds is 2. The van der Waals surface area contributed by atoms with Gasteiger partial charge in [0, 0.05) is 16.5 Å². The Hall–Kier alpha value is -3.26. The third kappa shape index (κ3) is 2.27. The molecule has 0 aliphatic heterocycles. The number of aromatic nitrogens is 1. The summed E-state index contributed by atoms with van der Waals surface area (Å²) in [4.78, 5) is 0. The lowest BCUT2D eigenvalue weighted by Gasteiger charge is -2.09. The molecule has 0 spiro atoms. The fraction of sp³-hybridized carbons (Fsp3) is 0. The zero-order chi connectivity index (χ0) is 17.5. The van der Waals surface area contributed by atoms with Gasteiger partial charge in [0.25, 0.3) is 0 Å². The standard InChI is InChI=1S/C24H18BN/c25-22-12-6-4-10-19(22)17-14-15-24-21(16-17)20-11-5-7-13-23(20)26(24)18-8-2-1-3-9-18/h1-16H,25H2. The van der Waals surface area contributed by atoms with Crippen LogP contribution in [-0.4, -0.2) is 12.4 Å². The summed E-state index contributed by atoms with van der Waals surface area (Å²) >= 11 is 0. The lowest BCUT2D eigenvalue weighted by molar-refractivity contribution is 1.18. The summed E-state index contributed by atoms with van der Waals surface area (Å²) in [5.41, 5.74) is 7.56. The van der Waals surface area contributed by atoms with E-state index in [4.69, 9.17) is 0 Å². The largest absolute Gasteiger partial charge is 0.309 e. The molecule has 26 heavy (non-hydrogen) atoms. The van der Waals surface area contributed by atoms with Gasteiger partial charge in [-0.05, 0) is 41.5 Å². The second-order valence-corrected chi connectivity index (χ2v) is 6.73. The first-order valence-corrected chi connectivity index (χ1v) is 8.97. The summed E-state index contributed by atoms with van der Waals surface area (Å²) in [5, 5.41) is 2.59. The highest BCUT2D eigenvalue weighted by molar-refractivity contribution is 6.36. The topological polar surface area (TPSA) is 4.93 Å². The van der Waals surface area contributed by atoms with E-state index in [-0.39, 0.29) is 0 Å². The van der Waals surface area contributed by atoms with E-state index in [1.807, 2.05) is 0 Å². The maximum absolute atomic E-state index is 2.35. The molecule has 4 aromatic carbocycles. The van der Waals surface area contributed by atoms with E-state index in [1.165, 1.54) is 44.1 Å². The minimum atomic E-state index is 1.20. The molecule has 0 saturated heterocycles. The van der Waals surface area contributed by atoms with Gasteiger partial charge in [0.2, 0.25) is 0 Å². The van der Waals surface area contributed by atoms with Crippen LogP contribution in [0.25, 0.3) is 38.6 Å². The highest BCUT2D eigenvalue weighted by Gasteiger charge is 2.13. The van der Waals surface area contributed by atoms with Crippen LogP contribution in [0.1, 0.15) is 0 Å². The number of fused-ring (bicyclic) bond motifs is 3. The molecule has 0 unspecified atom stereocenters. The summed E-state index contributed by atoms with van der Waals surface area (Å²) in [5.74, 6) is 0. The molecular formula is C24H18BN. The van der Waals surface area contributed by atoms with Gasteiger partial charge in [-0.25, -0.2) is 0 Å². The predicted octanol–water partition coefficient (Wildman–Crippen LogP) is 4.71. The van der Waals surface area contributed by atoms with Crippen molar-refractivity contribution in [2.24, 2.45) is 0 Å². The Morgan fingerprint density at radius 2 is 1.27 bits per heavy atom. The predicted molar refractivity (Wildman–Crippen MR) is 114 cm³/mol. The second-order valence-electron chi connectivity index (χ2n) is 6.73. The first-order chi connectivity index (χ1) is 12.8. The van der Waals surface area contributed by atoms with Gasteiger partial charge in [0.15, 0.2) is 0 Å². The van der Waals surface area contributed by atoms with E-state index in [1.54, 1.807) is 0 Å². The third-order valence-corrected chi connectivity index (χ3v) is 5.14. The molecular weight excluding hydrogens is 313 g/mol. The van der Waals surface area contributed by atoms with E-state index in [0.29, 0.717) is 0 Å². The molecule has 5 aromatic rings. The van der Waals surface area contributed by atoms with E-state index in [0.717, 1.165) is 0 Å². The summed E-state index contributed by atoms with van der Waals surface area (Å²) in [7, 11) is 2.17. The summed E-state index contributed by atoms with van der Waals surface area (Å²) in [6.07, 6.45) is 0. The third-order valence-electron chi connectivity index (χ3n) is 5.14. The van der Waals surface area contributed by atoms with Crippen LogP contribution in [0.3, 0.4) is 0 Å². The highest BCUT2D eigenvalue weighted by Crippen LogP contribution is 2.34. The summed E-state index contributed by atoms with van der Waals surface area (Å²) in [6, 6.07) is 34.7. The van der Waals surface area contributed by atoms with Crippen LogP contribution in [0, 0.1) is 0 Å². The van der Waals surface area contributed by atoms with Gasteiger partial charge in [0.1, 0.15) is 7.85 Å². The van der Waals surface area contributed by atoms with Gasteiger partial charge < -0.3 is 4.57 Å². The molecule has 1 aromatic heterocycles.